The third-order valence-corrected chi connectivity index (χ3v) is 5.52. The third-order valence-electron chi connectivity index (χ3n) is 5.52. The first-order valence-electron chi connectivity index (χ1n) is 10.1. The van der Waals surface area contributed by atoms with Gasteiger partial charge in [-0.25, -0.2) is 0 Å². The molecule has 3 atom stereocenters. The van der Waals surface area contributed by atoms with E-state index in [4.69, 9.17) is 9.47 Å². The first-order valence-corrected chi connectivity index (χ1v) is 10.1. The average molecular weight is 402 g/mol. The molecule has 0 unspecified atom stereocenters. The van der Waals surface area contributed by atoms with Crippen LogP contribution in [0.25, 0.3) is 0 Å². The van der Waals surface area contributed by atoms with E-state index in [0.29, 0.717) is 24.8 Å². The standard InChI is InChI=1S/C23H31NO5/c1-6-7-8-19-15(2)21(26)23(4,22(27)28-5)20(29-19)14-11-17-9-12-18(13-10-17)24-16(3)25/h9-10,12-13,19-20H,2,6-8,11,14H2,1,3-5H3,(H,24,25)/t19-,20+,23-/m1/s1. The molecular weight excluding hydrogens is 370 g/mol. The van der Waals surface area contributed by atoms with Crippen molar-refractivity contribution >= 4 is 23.3 Å². The van der Waals surface area contributed by atoms with Crippen molar-refractivity contribution in [1.82, 2.24) is 0 Å². The predicted octanol–water partition coefficient (Wildman–Crippen LogP) is 3.84. The SMILES string of the molecule is C=C1C(=O)[C@](C)(C(=O)OC)[C@H](CCc2ccc(NC(C)=O)cc2)O[C@@H]1CCCC. The Bertz CT molecular complexity index is 770. The van der Waals surface area contributed by atoms with Crippen LogP contribution < -0.4 is 5.32 Å². The van der Waals surface area contributed by atoms with Crippen LogP contribution in [0.15, 0.2) is 36.4 Å². The van der Waals surface area contributed by atoms with Gasteiger partial charge < -0.3 is 14.8 Å². The van der Waals surface area contributed by atoms with Gasteiger partial charge in [0, 0.05) is 18.2 Å². The van der Waals surface area contributed by atoms with E-state index in [-0.39, 0.29) is 17.8 Å². The van der Waals surface area contributed by atoms with Crippen LogP contribution in [-0.4, -0.2) is 37.0 Å². The van der Waals surface area contributed by atoms with Gasteiger partial charge in [0.05, 0.1) is 19.3 Å². The number of esters is 1. The summed E-state index contributed by atoms with van der Waals surface area (Å²) in [5.41, 5.74) is 0.699. The van der Waals surface area contributed by atoms with E-state index in [1.54, 1.807) is 6.92 Å². The van der Waals surface area contributed by atoms with Gasteiger partial charge in [-0.15, -0.1) is 0 Å². The first-order chi connectivity index (χ1) is 13.7. The van der Waals surface area contributed by atoms with E-state index in [9.17, 15) is 14.4 Å². The summed E-state index contributed by atoms with van der Waals surface area (Å²) in [4.78, 5) is 36.7. The van der Waals surface area contributed by atoms with Crippen LogP contribution in [0.4, 0.5) is 5.69 Å². The lowest BCUT2D eigenvalue weighted by Gasteiger charge is -2.42. The summed E-state index contributed by atoms with van der Waals surface area (Å²) in [5, 5.41) is 2.73. The number of hydrogen-bond acceptors (Lipinski definition) is 5. The van der Waals surface area contributed by atoms with Crippen molar-refractivity contribution < 1.29 is 23.9 Å². The molecule has 0 aliphatic carbocycles. The fraction of sp³-hybridized carbons (Fsp3) is 0.522. The Labute approximate surface area is 172 Å². The third kappa shape index (κ3) is 5.12. The highest BCUT2D eigenvalue weighted by molar-refractivity contribution is 6.13. The number of carbonyl (C=O) groups excluding carboxylic acids is 3. The van der Waals surface area contributed by atoms with Crippen molar-refractivity contribution in [3.05, 3.63) is 42.0 Å². The van der Waals surface area contributed by atoms with E-state index in [2.05, 4.69) is 18.8 Å². The van der Waals surface area contributed by atoms with E-state index in [1.165, 1.54) is 14.0 Å². The summed E-state index contributed by atoms with van der Waals surface area (Å²) >= 11 is 0. The zero-order chi connectivity index (χ0) is 21.6. The number of hydrogen-bond donors (Lipinski definition) is 1. The van der Waals surface area contributed by atoms with E-state index in [1.807, 2.05) is 24.3 Å². The van der Waals surface area contributed by atoms with Crippen LogP contribution in [0.1, 0.15) is 52.0 Å². The van der Waals surface area contributed by atoms with Crippen molar-refractivity contribution in [3.63, 3.8) is 0 Å². The maximum Gasteiger partial charge on any atom is 0.322 e. The average Bonchev–Trinajstić information content (AvgIpc) is 2.70. The minimum absolute atomic E-state index is 0.126. The molecule has 1 aromatic rings. The molecule has 1 N–H and O–H groups in total. The number of methoxy groups -OCH3 is 1. The zero-order valence-corrected chi connectivity index (χ0v) is 17.7. The lowest BCUT2D eigenvalue weighted by Crippen LogP contribution is -2.55. The molecule has 1 saturated heterocycles. The van der Waals surface area contributed by atoms with Gasteiger partial charge in [-0.2, -0.15) is 0 Å². The molecule has 0 spiro atoms. The highest BCUT2D eigenvalue weighted by atomic mass is 16.5. The molecule has 2 rings (SSSR count). The van der Waals surface area contributed by atoms with Gasteiger partial charge in [0.25, 0.3) is 0 Å². The second-order valence-corrected chi connectivity index (χ2v) is 7.72. The molecular formula is C23H31NO5. The predicted molar refractivity (Wildman–Crippen MR) is 112 cm³/mol. The molecule has 0 aromatic heterocycles. The number of anilines is 1. The number of carbonyl (C=O) groups is 3. The molecule has 1 aliphatic heterocycles. The van der Waals surface area contributed by atoms with E-state index < -0.39 is 17.5 Å². The Kier molecular flexibility index (Phi) is 7.73. The van der Waals surface area contributed by atoms with Crippen molar-refractivity contribution in [1.29, 1.82) is 0 Å². The molecule has 1 aromatic carbocycles. The monoisotopic (exact) mass is 401 g/mol. The Balaban J connectivity index is 2.18. The largest absolute Gasteiger partial charge is 0.468 e. The van der Waals surface area contributed by atoms with Gasteiger partial charge >= 0.3 is 5.97 Å². The zero-order valence-electron chi connectivity index (χ0n) is 17.7. The van der Waals surface area contributed by atoms with E-state index in [0.717, 1.165) is 24.1 Å². The van der Waals surface area contributed by atoms with Crippen LogP contribution in [0.5, 0.6) is 0 Å². The lowest BCUT2D eigenvalue weighted by atomic mass is 9.71. The Morgan fingerprint density at radius 3 is 2.45 bits per heavy atom. The van der Waals surface area contributed by atoms with Gasteiger partial charge in [-0.05, 0) is 43.9 Å². The van der Waals surface area contributed by atoms with Gasteiger partial charge in [0.1, 0.15) is 0 Å². The normalized spacial score (nSPS) is 24.3. The van der Waals surface area contributed by atoms with Gasteiger partial charge in [-0.3, -0.25) is 14.4 Å². The number of unbranched alkanes of at least 4 members (excludes halogenated alkanes) is 1. The number of benzene rings is 1. The molecule has 0 radical (unpaired) electrons. The number of ketones is 1. The Morgan fingerprint density at radius 1 is 1.24 bits per heavy atom. The second kappa shape index (κ2) is 9.83. The highest BCUT2D eigenvalue weighted by Gasteiger charge is 2.55. The topological polar surface area (TPSA) is 81.7 Å². The summed E-state index contributed by atoms with van der Waals surface area (Å²) in [6.45, 7) is 9.04. The maximum atomic E-state index is 13.1. The second-order valence-electron chi connectivity index (χ2n) is 7.72. The summed E-state index contributed by atoms with van der Waals surface area (Å²) in [5.74, 6) is -1.01. The summed E-state index contributed by atoms with van der Waals surface area (Å²) in [6.07, 6.45) is 2.77. The molecule has 0 bridgehead atoms. The molecule has 1 aliphatic rings. The minimum Gasteiger partial charge on any atom is -0.468 e. The summed E-state index contributed by atoms with van der Waals surface area (Å²) < 4.78 is 11.2. The van der Waals surface area contributed by atoms with Crippen molar-refractivity contribution in [2.45, 2.75) is 65.1 Å². The number of rotatable bonds is 8. The molecule has 158 valence electrons. The number of aryl methyl sites for hydroxylation is 1. The Hall–Kier alpha value is -2.47. The molecule has 1 fully saturated rings. The van der Waals surface area contributed by atoms with Crippen LogP contribution in [0.3, 0.4) is 0 Å². The summed E-state index contributed by atoms with van der Waals surface area (Å²) in [7, 11) is 1.28. The quantitative estimate of drug-likeness (QED) is 0.407. The summed E-state index contributed by atoms with van der Waals surface area (Å²) in [6, 6.07) is 7.49. The van der Waals surface area contributed by atoms with Crippen LogP contribution in [0, 0.1) is 5.41 Å². The van der Waals surface area contributed by atoms with E-state index >= 15 is 0 Å². The lowest BCUT2D eigenvalue weighted by molar-refractivity contribution is -0.176. The molecule has 1 heterocycles. The first kappa shape index (κ1) is 22.8. The molecule has 29 heavy (non-hydrogen) atoms. The van der Waals surface area contributed by atoms with Gasteiger partial charge in [-0.1, -0.05) is 38.5 Å². The number of amides is 1. The van der Waals surface area contributed by atoms with Crippen molar-refractivity contribution in [2.75, 3.05) is 12.4 Å². The molecule has 0 saturated carbocycles. The van der Waals surface area contributed by atoms with Crippen LogP contribution >= 0.6 is 0 Å². The molecule has 6 nitrogen and oxygen atoms in total. The van der Waals surface area contributed by atoms with Crippen LogP contribution in [0.2, 0.25) is 0 Å². The number of Topliss-reactive ketones (excluding diaryl/α,β-unsaturated/α-hetero) is 1. The highest BCUT2D eigenvalue weighted by Crippen LogP contribution is 2.40. The molecule has 1 amide bonds. The number of ether oxygens (including phenoxy) is 2. The minimum atomic E-state index is -1.40. The Morgan fingerprint density at radius 2 is 1.90 bits per heavy atom. The number of nitrogens with one attached hydrogen (secondary N) is 1. The van der Waals surface area contributed by atoms with Gasteiger partial charge in [0.2, 0.25) is 5.91 Å². The van der Waals surface area contributed by atoms with Crippen molar-refractivity contribution in [2.24, 2.45) is 5.41 Å². The smallest absolute Gasteiger partial charge is 0.322 e. The van der Waals surface area contributed by atoms with Crippen LogP contribution in [-0.2, 0) is 30.3 Å². The van der Waals surface area contributed by atoms with Crippen molar-refractivity contribution in [3.8, 4) is 0 Å². The maximum absolute atomic E-state index is 13.1. The fourth-order valence-electron chi connectivity index (χ4n) is 3.72. The molecule has 6 heteroatoms. The fourth-order valence-corrected chi connectivity index (χ4v) is 3.72. The van der Waals surface area contributed by atoms with Gasteiger partial charge in [0.15, 0.2) is 11.2 Å².